The van der Waals surface area contributed by atoms with Crippen molar-refractivity contribution < 1.29 is 23.9 Å². The Kier molecular flexibility index (Phi) is 7.30. The van der Waals surface area contributed by atoms with Gasteiger partial charge >= 0.3 is 12.0 Å². The largest absolute Gasteiger partial charge is 0.463 e. The number of hydrogen-bond donors (Lipinski definition) is 2. The normalized spacial score (nSPS) is 19.8. The van der Waals surface area contributed by atoms with Gasteiger partial charge in [0.25, 0.3) is 0 Å². The van der Waals surface area contributed by atoms with Gasteiger partial charge in [-0.15, -0.1) is 0 Å². The van der Waals surface area contributed by atoms with E-state index >= 15 is 0 Å². The number of rotatable bonds is 5. The van der Waals surface area contributed by atoms with Crippen molar-refractivity contribution >= 4 is 35.6 Å². The summed E-state index contributed by atoms with van der Waals surface area (Å²) in [6, 6.07) is -0.461. The Morgan fingerprint density at radius 2 is 2.00 bits per heavy atom. The highest BCUT2D eigenvalue weighted by Crippen LogP contribution is 2.28. The fourth-order valence-electron chi connectivity index (χ4n) is 2.76. The van der Waals surface area contributed by atoms with Gasteiger partial charge in [0.05, 0.1) is 23.5 Å². The molecular formula is C16H23N3O5S. The third-order valence-electron chi connectivity index (χ3n) is 3.93. The molecule has 0 spiro atoms. The van der Waals surface area contributed by atoms with Gasteiger partial charge in [-0.25, -0.2) is 9.59 Å². The summed E-state index contributed by atoms with van der Waals surface area (Å²) < 4.78 is 4.81. The van der Waals surface area contributed by atoms with E-state index in [2.05, 4.69) is 10.6 Å². The standard InChI is InChI=1S/C16H23N3O5S/c1-2-24-15(22)8-14-19(13(21)10-25-14)9-12(20)18-16(23)17-11-6-4-3-5-7-11/h8,11H,2-7,9-10H2,1H3,(H2,17,18,20,23)/b14-8-. The van der Waals surface area contributed by atoms with Crippen LogP contribution in [0.1, 0.15) is 39.0 Å². The van der Waals surface area contributed by atoms with Crippen LogP contribution >= 0.6 is 11.8 Å². The Morgan fingerprint density at radius 3 is 2.68 bits per heavy atom. The lowest BCUT2D eigenvalue weighted by atomic mass is 9.96. The van der Waals surface area contributed by atoms with E-state index in [-0.39, 0.29) is 30.9 Å². The smallest absolute Gasteiger partial charge is 0.333 e. The van der Waals surface area contributed by atoms with Gasteiger partial charge in [-0.05, 0) is 19.8 Å². The third-order valence-corrected chi connectivity index (χ3v) is 4.96. The van der Waals surface area contributed by atoms with Crippen molar-refractivity contribution in [1.82, 2.24) is 15.5 Å². The number of urea groups is 1. The maximum Gasteiger partial charge on any atom is 0.333 e. The highest BCUT2D eigenvalue weighted by atomic mass is 32.2. The van der Waals surface area contributed by atoms with E-state index in [0.29, 0.717) is 5.03 Å². The average Bonchev–Trinajstić information content (AvgIpc) is 2.89. The molecule has 1 aliphatic heterocycles. The summed E-state index contributed by atoms with van der Waals surface area (Å²) in [4.78, 5) is 48.5. The summed E-state index contributed by atoms with van der Waals surface area (Å²) in [5, 5.41) is 5.37. The van der Waals surface area contributed by atoms with Crippen LogP contribution in [0.5, 0.6) is 0 Å². The number of carbonyl (C=O) groups excluding carboxylic acids is 4. The molecule has 0 aromatic rings. The fourth-order valence-corrected chi connectivity index (χ4v) is 3.69. The number of imide groups is 1. The van der Waals surface area contributed by atoms with Crippen LogP contribution in [-0.2, 0) is 19.1 Å². The van der Waals surface area contributed by atoms with Crippen LogP contribution in [0.3, 0.4) is 0 Å². The van der Waals surface area contributed by atoms with Crippen LogP contribution in [0.15, 0.2) is 11.1 Å². The third kappa shape index (κ3) is 6.08. The van der Waals surface area contributed by atoms with Gasteiger partial charge in [-0.1, -0.05) is 31.0 Å². The van der Waals surface area contributed by atoms with Gasteiger partial charge in [-0.3, -0.25) is 19.8 Å². The van der Waals surface area contributed by atoms with Crippen molar-refractivity contribution in [2.75, 3.05) is 18.9 Å². The predicted molar refractivity (Wildman–Crippen MR) is 92.4 cm³/mol. The average molecular weight is 369 g/mol. The van der Waals surface area contributed by atoms with Crippen LogP contribution in [-0.4, -0.2) is 53.7 Å². The summed E-state index contributed by atoms with van der Waals surface area (Å²) in [5.74, 6) is -1.31. The van der Waals surface area contributed by atoms with Crippen LogP contribution in [0.2, 0.25) is 0 Å². The van der Waals surface area contributed by atoms with E-state index in [0.717, 1.165) is 37.4 Å². The molecule has 25 heavy (non-hydrogen) atoms. The zero-order valence-corrected chi connectivity index (χ0v) is 15.0. The zero-order chi connectivity index (χ0) is 18.2. The number of ether oxygens (including phenoxy) is 1. The summed E-state index contributed by atoms with van der Waals surface area (Å²) in [7, 11) is 0. The van der Waals surface area contributed by atoms with E-state index in [1.54, 1.807) is 6.92 Å². The number of carbonyl (C=O) groups is 4. The molecule has 0 aromatic heterocycles. The second-order valence-electron chi connectivity index (χ2n) is 5.86. The van der Waals surface area contributed by atoms with Crippen molar-refractivity contribution in [1.29, 1.82) is 0 Å². The van der Waals surface area contributed by atoms with Crippen molar-refractivity contribution in [3.63, 3.8) is 0 Å². The first-order valence-electron chi connectivity index (χ1n) is 8.41. The summed E-state index contributed by atoms with van der Waals surface area (Å²) in [5.41, 5.74) is 0. The van der Waals surface area contributed by atoms with Crippen LogP contribution in [0.4, 0.5) is 4.79 Å². The van der Waals surface area contributed by atoms with Crippen LogP contribution in [0, 0.1) is 0 Å². The van der Waals surface area contributed by atoms with Gasteiger partial charge in [0.15, 0.2) is 0 Å². The molecule has 2 rings (SSSR count). The molecule has 0 unspecified atom stereocenters. The Bertz CT molecular complexity index is 572. The Labute approximate surface area is 150 Å². The second-order valence-corrected chi connectivity index (χ2v) is 6.86. The predicted octanol–water partition coefficient (Wildman–Crippen LogP) is 1.12. The monoisotopic (exact) mass is 369 g/mol. The molecule has 1 aliphatic carbocycles. The minimum atomic E-state index is -0.598. The fraction of sp³-hybridized carbons (Fsp3) is 0.625. The molecule has 1 saturated carbocycles. The Balaban J connectivity index is 1.85. The molecule has 0 atom stereocenters. The van der Waals surface area contributed by atoms with E-state index in [1.165, 1.54) is 17.4 Å². The zero-order valence-electron chi connectivity index (χ0n) is 14.2. The Hall–Kier alpha value is -2.03. The molecule has 2 aliphatic rings. The molecule has 9 heteroatoms. The lowest BCUT2D eigenvalue weighted by molar-refractivity contribution is -0.137. The number of thioether (sulfide) groups is 1. The van der Waals surface area contributed by atoms with E-state index in [4.69, 9.17) is 4.74 Å². The van der Waals surface area contributed by atoms with E-state index < -0.39 is 17.9 Å². The molecule has 4 amide bonds. The molecule has 0 aromatic carbocycles. The first-order valence-corrected chi connectivity index (χ1v) is 9.40. The SMILES string of the molecule is CCOC(=O)/C=C1\SCC(=O)N1CC(=O)NC(=O)NC1CCCCC1. The van der Waals surface area contributed by atoms with Crippen molar-refractivity contribution in [2.45, 2.75) is 45.1 Å². The molecular weight excluding hydrogens is 346 g/mol. The van der Waals surface area contributed by atoms with Gasteiger partial charge < -0.3 is 10.1 Å². The van der Waals surface area contributed by atoms with Crippen molar-refractivity contribution in [2.24, 2.45) is 0 Å². The maximum atomic E-state index is 12.0. The minimum absolute atomic E-state index is 0.0878. The van der Waals surface area contributed by atoms with Gasteiger partial charge in [0.1, 0.15) is 6.54 Å². The van der Waals surface area contributed by atoms with Gasteiger partial charge in [0.2, 0.25) is 11.8 Å². The maximum absolute atomic E-state index is 12.0. The molecule has 138 valence electrons. The summed E-state index contributed by atoms with van der Waals surface area (Å²) in [6.07, 6.45) is 6.32. The molecule has 0 radical (unpaired) electrons. The quantitative estimate of drug-likeness (QED) is 0.556. The lowest BCUT2D eigenvalue weighted by Crippen LogP contribution is -2.48. The number of hydrogen-bond acceptors (Lipinski definition) is 6. The molecule has 0 bridgehead atoms. The summed E-state index contributed by atoms with van der Waals surface area (Å²) in [6.45, 7) is 1.59. The van der Waals surface area contributed by atoms with Crippen molar-refractivity contribution in [3.8, 4) is 0 Å². The highest BCUT2D eigenvalue weighted by Gasteiger charge is 2.30. The first kappa shape index (κ1) is 19.3. The molecule has 1 heterocycles. The first-order chi connectivity index (χ1) is 12.0. The molecule has 8 nitrogen and oxygen atoms in total. The van der Waals surface area contributed by atoms with E-state index in [9.17, 15) is 19.2 Å². The number of nitrogens with zero attached hydrogens (tertiary/aromatic N) is 1. The Morgan fingerprint density at radius 1 is 1.28 bits per heavy atom. The van der Waals surface area contributed by atoms with Gasteiger partial charge in [-0.2, -0.15) is 0 Å². The summed E-state index contributed by atoms with van der Waals surface area (Å²) >= 11 is 1.16. The highest BCUT2D eigenvalue weighted by molar-refractivity contribution is 8.04. The van der Waals surface area contributed by atoms with E-state index in [1.807, 2.05) is 0 Å². The minimum Gasteiger partial charge on any atom is -0.463 e. The second kappa shape index (κ2) is 9.45. The van der Waals surface area contributed by atoms with Gasteiger partial charge in [0, 0.05) is 6.04 Å². The molecule has 2 N–H and O–H groups in total. The lowest BCUT2D eigenvalue weighted by Gasteiger charge is -2.23. The number of amides is 4. The molecule has 2 fully saturated rings. The topological polar surface area (TPSA) is 105 Å². The molecule has 1 saturated heterocycles. The van der Waals surface area contributed by atoms with Crippen LogP contribution < -0.4 is 10.6 Å². The number of esters is 1. The number of nitrogens with one attached hydrogen (secondary N) is 2. The van der Waals surface area contributed by atoms with Crippen molar-refractivity contribution in [3.05, 3.63) is 11.1 Å². The van der Waals surface area contributed by atoms with Crippen LogP contribution in [0.25, 0.3) is 0 Å².